The first-order valence-corrected chi connectivity index (χ1v) is 6.22. The van der Waals surface area contributed by atoms with Crippen molar-refractivity contribution in [2.24, 2.45) is 0 Å². The second kappa shape index (κ2) is 5.51. The fraction of sp³-hybridized carbons (Fsp3) is 0.583. The Balaban J connectivity index is 1.93. The summed E-state index contributed by atoms with van der Waals surface area (Å²) in [6.07, 6.45) is 5.62. The molecule has 1 fully saturated rings. The SMILES string of the molecule is O=c1ccc(Cl)cn1CCN1CCCCC1. The molecular formula is C12H17ClN2O. The molecule has 16 heavy (non-hydrogen) atoms. The molecule has 1 aromatic heterocycles. The third-order valence-electron chi connectivity index (χ3n) is 3.05. The lowest BCUT2D eigenvalue weighted by Crippen LogP contribution is -2.34. The van der Waals surface area contributed by atoms with Gasteiger partial charge in [0.1, 0.15) is 0 Å². The van der Waals surface area contributed by atoms with Gasteiger partial charge >= 0.3 is 0 Å². The Kier molecular flexibility index (Phi) is 4.02. The number of likely N-dealkylation sites (tertiary alicyclic amines) is 1. The van der Waals surface area contributed by atoms with Crippen molar-refractivity contribution in [1.82, 2.24) is 9.47 Å². The molecule has 2 rings (SSSR count). The van der Waals surface area contributed by atoms with E-state index < -0.39 is 0 Å². The number of hydrogen-bond donors (Lipinski definition) is 0. The molecule has 3 nitrogen and oxygen atoms in total. The van der Waals surface area contributed by atoms with Crippen LogP contribution in [0.2, 0.25) is 5.02 Å². The molecule has 1 aliphatic heterocycles. The molecule has 0 saturated carbocycles. The average molecular weight is 241 g/mol. The Morgan fingerprint density at radius 3 is 2.62 bits per heavy atom. The van der Waals surface area contributed by atoms with Gasteiger partial charge in [0.05, 0.1) is 5.02 Å². The maximum atomic E-state index is 11.5. The van der Waals surface area contributed by atoms with Gasteiger partial charge in [0.2, 0.25) is 0 Å². The van der Waals surface area contributed by atoms with Crippen LogP contribution in [0.25, 0.3) is 0 Å². The highest BCUT2D eigenvalue weighted by Gasteiger charge is 2.09. The zero-order valence-electron chi connectivity index (χ0n) is 9.36. The zero-order valence-corrected chi connectivity index (χ0v) is 10.1. The fourth-order valence-electron chi connectivity index (χ4n) is 2.11. The van der Waals surface area contributed by atoms with E-state index in [9.17, 15) is 4.79 Å². The Bertz CT molecular complexity index is 396. The van der Waals surface area contributed by atoms with Crippen molar-refractivity contribution in [2.75, 3.05) is 19.6 Å². The number of rotatable bonds is 3. The van der Waals surface area contributed by atoms with Crippen LogP contribution in [0.15, 0.2) is 23.1 Å². The molecular weight excluding hydrogens is 224 g/mol. The van der Waals surface area contributed by atoms with Gasteiger partial charge in [-0.25, -0.2) is 0 Å². The van der Waals surface area contributed by atoms with Gasteiger partial charge < -0.3 is 9.47 Å². The van der Waals surface area contributed by atoms with Gasteiger partial charge in [0.15, 0.2) is 0 Å². The first-order valence-electron chi connectivity index (χ1n) is 5.84. The van der Waals surface area contributed by atoms with Gasteiger partial charge in [-0.15, -0.1) is 0 Å². The number of hydrogen-bond acceptors (Lipinski definition) is 2. The molecule has 1 aromatic rings. The average Bonchev–Trinajstić information content (AvgIpc) is 2.32. The summed E-state index contributed by atoms with van der Waals surface area (Å²) >= 11 is 5.87. The van der Waals surface area contributed by atoms with Crippen molar-refractivity contribution >= 4 is 11.6 Å². The van der Waals surface area contributed by atoms with Gasteiger partial charge in [0.25, 0.3) is 5.56 Å². The summed E-state index contributed by atoms with van der Waals surface area (Å²) in [5.74, 6) is 0. The molecule has 1 saturated heterocycles. The van der Waals surface area contributed by atoms with Gasteiger partial charge in [-0.1, -0.05) is 18.0 Å². The molecule has 4 heteroatoms. The van der Waals surface area contributed by atoms with E-state index in [0.29, 0.717) is 5.02 Å². The molecule has 0 bridgehead atoms. The molecule has 0 atom stereocenters. The van der Waals surface area contributed by atoms with Gasteiger partial charge in [0, 0.05) is 25.4 Å². The first kappa shape index (κ1) is 11.7. The van der Waals surface area contributed by atoms with Crippen LogP contribution in [0.1, 0.15) is 19.3 Å². The van der Waals surface area contributed by atoms with E-state index in [1.165, 1.54) is 25.3 Å². The van der Waals surface area contributed by atoms with Crippen LogP contribution < -0.4 is 5.56 Å². The summed E-state index contributed by atoms with van der Waals surface area (Å²) in [6.45, 7) is 4.00. The van der Waals surface area contributed by atoms with Crippen LogP contribution in [0.5, 0.6) is 0 Å². The molecule has 88 valence electrons. The quantitative estimate of drug-likeness (QED) is 0.808. The van der Waals surface area contributed by atoms with Crippen molar-refractivity contribution in [2.45, 2.75) is 25.8 Å². The lowest BCUT2D eigenvalue weighted by Gasteiger charge is -2.26. The minimum absolute atomic E-state index is 0.0291. The molecule has 2 heterocycles. The first-order chi connectivity index (χ1) is 7.75. The van der Waals surface area contributed by atoms with Crippen LogP contribution in [-0.2, 0) is 6.54 Å². The van der Waals surface area contributed by atoms with E-state index in [1.54, 1.807) is 16.8 Å². The monoisotopic (exact) mass is 240 g/mol. The third-order valence-corrected chi connectivity index (χ3v) is 3.28. The van der Waals surface area contributed by atoms with E-state index in [-0.39, 0.29) is 5.56 Å². The molecule has 0 radical (unpaired) electrons. The second-order valence-corrected chi connectivity index (χ2v) is 4.72. The molecule has 0 amide bonds. The van der Waals surface area contributed by atoms with Crippen molar-refractivity contribution in [3.05, 3.63) is 33.7 Å². The van der Waals surface area contributed by atoms with Crippen LogP contribution in [0.4, 0.5) is 0 Å². The van der Waals surface area contributed by atoms with E-state index in [0.717, 1.165) is 26.2 Å². The highest BCUT2D eigenvalue weighted by molar-refractivity contribution is 6.30. The molecule has 0 aromatic carbocycles. The van der Waals surface area contributed by atoms with E-state index in [4.69, 9.17) is 11.6 Å². The van der Waals surface area contributed by atoms with Crippen molar-refractivity contribution in [3.63, 3.8) is 0 Å². The Labute approximate surface area is 101 Å². The van der Waals surface area contributed by atoms with Crippen molar-refractivity contribution in [3.8, 4) is 0 Å². The zero-order chi connectivity index (χ0) is 11.4. The van der Waals surface area contributed by atoms with Crippen LogP contribution in [-0.4, -0.2) is 29.1 Å². The number of aromatic nitrogens is 1. The molecule has 0 N–H and O–H groups in total. The van der Waals surface area contributed by atoms with Gasteiger partial charge in [-0.2, -0.15) is 0 Å². The van der Waals surface area contributed by atoms with Gasteiger partial charge in [-0.05, 0) is 32.0 Å². The molecule has 0 aliphatic carbocycles. The number of nitrogens with zero attached hydrogens (tertiary/aromatic N) is 2. The van der Waals surface area contributed by atoms with E-state index in [2.05, 4.69) is 4.90 Å². The van der Waals surface area contributed by atoms with Crippen molar-refractivity contribution in [1.29, 1.82) is 0 Å². The maximum Gasteiger partial charge on any atom is 0.250 e. The lowest BCUT2D eigenvalue weighted by molar-refractivity contribution is 0.220. The number of pyridine rings is 1. The predicted molar refractivity (Wildman–Crippen MR) is 66.0 cm³/mol. The Morgan fingerprint density at radius 2 is 1.88 bits per heavy atom. The minimum Gasteiger partial charge on any atom is -0.313 e. The largest absolute Gasteiger partial charge is 0.313 e. The van der Waals surface area contributed by atoms with Crippen LogP contribution in [0, 0.1) is 0 Å². The van der Waals surface area contributed by atoms with Crippen LogP contribution in [0.3, 0.4) is 0 Å². The number of halogens is 1. The molecule has 0 spiro atoms. The summed E-state index contributed by atoms with van der Waals surface area (Å²) in [4.78, 5) is 13.9. The standard InChI is InChI=1S/C12H17ClN2O/c13-11-4-5-12(16)15(10-11)9-8-14-6-2-1-3-7-14/h4-5,10H,1-3,6-9H2. The lowest BCUT2D eigenvalue weighted by atomic mass is 10.1. The Morgan fingerprint density at radius 1 is 1.12 bits per heavy atom. The summed E-state index contributed by atoms with van der Waals surface area (Å²) in [5.41, 5.74) is 0.0291. The molecule has 0 unspecified atom stereocenters. The topological polar surface area (TPSA) is 25.2 Å². The maximum absolute atomic E-state index is 11.5. The van der Waals surface area contributed by atoms with E-state index >= 15 is 0 Å². The Hall–Kier alpha value is -0.800. The smallest absolute Gasteiger partial charge is 0.250 e. The highest BCUT2D eigenvalue weighted by atomic mass is 35.5. The highest BCUT2D eigenvalue weighted by Crippen LogP contribution is 2.08. The normalized spacial score (nSPS) is 17.6. The van der Waals surface area contributed by atoms with E-state index in [1.807, 2.05) is 0 Å². The predicted octanol–water partition coefficient (Wildman–Crippen LogP) is 1.99. The van der Waals surface area contributed by atoms with Gasteiger partial charge in [-0.3, -0.25) is 4.79 Å². The molecule has 1 aliphatic rings. The van der Waals surface area contributed by atoms with Crippen LogP contribution >= 0.6 is 11.6 Å². The summed E-state index contributed by atoms with van der Waals surface area (Å²) < 4.78 is 1.69. The minimum atomic E-state index is 0.0291. The summed E-state index contributed by atoms with van der Waals surface area (Å²) in [5, 5.41) is 0.623. The fourth-order valence-corrected chi connectivity index (χ4v) is 2.29. The third kappa shape index (κ3) is 3.09. The summed E-state index contributed by atoms with van der Waals surface area (Å²) in [7, 11) is 0. The second-order valence-electron chi connectivity index (χ2n) is 4.28. The summed E-state index contributed by atoms with van der Waals surface area (Å²) in [6, 6.07) is 3.17. The van der Waals surface area contributed by atoms with Crippen molar-refractivity contribution < 1.29 is 0 Å². The number of piperidine rings is 1.